The van der Waals surface area contributed by atoms with E-state index in [1.807, 2.05) is 6.92 Å². The van der Waals surface area contributed by atoms with Gasteiger partial charge in [0.15, 0.2) is 17.7 Å². The van der Waals surface area contributed by atoms with Crippen LogP contribution >= 0.6 is 0 Å². The number of nitrogens with one attached hydrogen (secondary N) is 1. The van der Waals surface area contributed by atoms with Gasteiger partial charge in [-0.1, -0.05) is 19.1 Å². The molecule has 0 aliphatic rings. The van der Waals surface area contributed by atoms with Crippen molar-refractivity contribution >= 4 is 5.91 Å². The van der Waals surface area contributed by atoms with Gasteiger partial charge in [0.2, 0.25) is 0 Å². The number of carbonyl (C=O) groups excluding carboxylic acids is 1. The third-order valence-electron chi connectivity index (χ3n) is 2.76. The van der Waals surface area contributed by atoms with Crippen LogP contribution in [-0.4, -0.2) is 29.8 Å². The van der Waals surface area contributed by atoms with Crippen molar-refractivity contribution in [3.05, 3.63) is 30.1 Å². The van der Waals surface area contributed by atoms with E-state index in [1.165, 1.54) is 12.1 Å². The minimum atomic E-state index is -0.782. The lowest BCUT2D eigenvalue weighted by Gasteiger charge is -2.15. The molecule has 0 aliphatic heterocycles. The number of hydrogen-bond acceptors (Lipinski definition) is 3. The third-order valence-corrected chi connectivity index (χ3v) is 2.76. The number of benzene rings is 1. The molecule has 19 heavy (non-hydrogen) atoms. The molecule has 0 saturated carbocycles. The molecule has 1 amide bonds. The summed E-state index contributed by atoms with van der Waals surface area (Å²) >= 11 is 0. The molecule has 0 aliphatic carbocycles. The number of carbonyl (C=O) groups is 1. The predicted molar refractivity (Wildman–Crippen MR) is 70.4 cm³/mol. The summed E-state index contributed by atoms with van der Waals surface area (Å²) in [6.45, 7) is 3.80. The van der Waals surface area contributed by atoms with E-state index in [1.54, 1.807) is 19.1 Å². The van der Waals surface area contributed by atoms with Crippen LogP contribution in [0.5, 0.6) is 5.75 Å². The summed E-state index contributed by atoms with van der Waals surface area (Å²) < 4.78 is 18.6. The third kappa shape index (κ3) is 5.26. The zero-order valence-electron chi connectivity index (χ0n) is 11.2. The Labute approximate surface area is 112 Å². The molecule has 2 N–H and O–H groups in total. The Morgan fingerprint density at radius 2 is 2.16 bits per heavy atom. The van der Waals surface area contributed by atoms with E-state index >= 15 is 0 Å². The normalized spacial score (nSPS) is 13.7. The topological polar surface area (TPSA) is 58.6 Å². The first kappa shape index (κ1) is 15.4. The number of amides is 1. The Hall–Kier alpha value is -1.62. The smallest absolute Gasteiger partial charge is 0.260 e. The molecular weight excluding hydrogens is 249 g/mol. The molecule has 0 saturated heterocycles. The lowest BCUT2D eigenvalue weighted by molar-refractivity contribution is -0.127. The van der Waals surface area contributed by atoms with Gasteiger partial charge in [0.25, 0.3) is 5.91 Å². The second-order valence-corrected chi connectivity index (χ2v) is 4.33. The minimum absolute atomic E-state index is 0.0544. The number of ether oxygens (including phenoxy) is 1. The molecule has 0 spiro atoms. The van der Waals surface area contributed by atoms with Crippen molar-refractivity contribution in [2.24, 2.45) is 0 Å². The second-order valence-electron chi connectivity index (χ2n) is 4.33. The quantitative estimate of drug-likeness (QED) is 0.794. The van der Waals surface area contributed by atoms with E-state index in [0.29, 0.717) is 19.4 Å². The van der Waals surface area contributed by atoms with Gasteiger partial charge >= 0.3 is 0 Å². The first-order chi connectivity index (χ1) is 9.04. The van der Waals surface area contributed by atoms with Gasteiger partial charge in [-0.25, -0.2) is 4.39 Å². The lowest BCUT2D eigenvalue weighted by atomic mass is 10.2. The maximum atomic E-state index is 13.3. The molecule has 0 heterocycles. The first-order valence-electron chi connectivity index (χ1n) is 6.41. The Kier molecular flexibility index (Phi) is 6.29. The highest BCUT2D eigenvalue weighted by molar-refractivity contribution is 5.80. The average Bonchev–Trinajstić information content (AvgIpc) is 2.40. The van der Waals surface area contributed by atoms with Crippen molar-refractivity contribution in [3.63, 3.8) is 0 Å². The molecule has 1 aromatic rings. The molecule has 0 fully saturated rings. The molecule has 4 nitrogen and oxygen atoms in total. The Morgan fingerprint density at radius 3 is 2.79 bits per heavy atom. The van der Waals surface area contributed by atoms with E-state index in [0.717, 1.165) is 0 Å². The average molecular weight is 269 g/mol. The van der Waals surface area contributed by atoms with E-state index in [9.17, 15) is 14.3 Å². The Bertz CT molecular complexity index is 411. The Morgan fingerprint density at radius 1 is 1.47 bits per heavy atom. The predicted octanol–water partition coefficient (Wildman–Crippen LogP) is 1.87. The molecular formula is C14H20FNO3. The van der Waals surface area contributed by atoms with Gasteiger partial charge in [0, 0.05) is 6.54 Å². The molecule has 0 aromatic heterocycles. The number of aliphatic hydroxyl groups excluding tert-OH is 1. The fraction of sp³-hybridized carbons (Fsp3) is 0.500. The number of para-hydroxylation sites is 1. The van der Waals surface area contributed by atoms with E-state index in [4.69, 9.17) is 4.74 Å². The molecule has 2 unspecified atom stereocenters. The summed E-state index contributed by atoms with van der Waals surface area (Å²) in [5, 5.41) is 12.0. The summed E-state index contributed by atoms with van der Waals surface area (Å²) in [5.74, 6) is -0.770. The van der Waals surface area contributed by atoms with Crippen molar-refractivity contribution in [3.8, 4) is 5.75 Å². The molecule has 1 aromatic carbocycles. The number of aliphatic hydroxyl groups is 1. The van der Waals surface area contributed by atoms with Gasteiger partial charge < -0.3 is 15.2 Å². The van der Waals surface area contributed by atoms with Crippen LogP contribution in [0.4, 0.5) is 4.39 Å². The summed E-state index contributed by atoms with van der Waals surface area (Å²) in [6, 6.07) is 5.94. The van der Waals surface area contributed by atoms with E-state index in [2.05, 4.69) is 5.32 Å². The highest BCUT2D eigenvalue weighted by Crippen LogP contribution is 2.16. The fourth-order valence-corrected chi connectivity index (χ4v) is 1.49. The maximum absolute atomic E-state index is 13.3. The van der Waals surface area contributed by atoms with E-state index in [-0.39, 0.29) is 11.7 Å². The summed E-state index contributed by atoms with van der Waals surface area (Å²) in [5.41, 5.74) is 0. The van der Waals surface area contributed by atoms with Crippen LogP contribution in [0.3, 0.4) is 0 Å². The van der Waals surface area contributed by atoms with Crippen LogP contribution in [0.1, 0.15) is 26.7 Å². The number of hydrogen-bond donors (Lipinski definition) is 2. The van der Waals surface area contributed by atoms with Gasteiger partial charge in [-0.05, 0) is 31.9 Å². The van der Waals surface area contributed by atoms with Gasteiger partial charge in [-0.15, -0.1) is 0 Å². The second kappa shape index (κ2) is 7.74. The van der Waals surface area contributed by atoms with Crippen molar-refractivity contribution < 1.29 is 19.0 Å². The molecule has 2 atom stereocenters. The van der Waals surface area contributed by atoms with Crippen molar-refractivity contribution in [2.75, 3.05) is 6.54 Å². The van der Waals surface area contributed by atoms with Crippen LogP contribution < -0.4 is 10.1 Å². The van der Waals surface area contributed by atoms with Crippen molar-refractivity contribution in [2.45, 2.75) is 38.9 Å². The largest absolute Gasteiger partial charge is 0.478 e. The number of halogens is 1. The van der Waals surface area contributed by atoms with Gasteiger partial charge in [0.1, 0.15) is 0 Å². The van der Waals surface area contributed by atoms with E-state index < -0.39 is 18.0 Å². The zero-order chi connectivity index (χ0) is 14.3. The highest BCUT2D eigenvalue weighted by atomic mass is 19.1. The SMILES string of the molecule is CCC(O)CCNC(=O)C(C)Oc1ccccc1F. The fourth-order valence-electron chi connectivity index (χ4n) is 1.49. The van der Waals surface area contributed by atoms with Crippen LogP contribution in [0, 0.1) is 5.82 Å². The standard InChI is InChI=1S/C14H20FNO3/c1-3-11(17)8-9-16-14(18)10(2)19-13-7-5-4-6-12(13)15/h4-7,10-11,17H,3,8-9H2,1-2H3,(H,16,18). The Balaban J connectivity index is 2.39. The molecule has 5 heteroatoms. The van der Waals surface area contributed by atoms with Crippen molar-refractivity contribution in [1.29, 1.82) is 0 Å². The van der Waals surface area contributed by atoms with Gasteiger partial charge in [0.05, 0.1) is 6.10 Å². The van der Waals surface area contributed by atoms with Crippen molar-refractivity contribution in [1.82, 2.24) is 5.32 Å². The molecule has 106 valence electrons. The van der Waals surface area contributed by atoms with Crippen LogP contribution in [-0.2, 0) is 4.79 Å². The van der Waals surface area contributed by atoms with Crippen LogP contribution in [0.25, 0.3) is 0 Å². The molecule has 1 rings (SSSR count). The van der Waals surface area contributed by atoms with Gasteiger partial charge in [-0.3, -0.25) is 4.79 Å². The maximum Gasteiger partial charge on any atom is 0.260 e. The van der Waals surface area contributed by atoms with Crippen LogP contribution in [0.15, 0.2) is 24.3 Å². The summed E-state index contributed by atoms with van der Waals surface area (Å²) in [7, 11) is 0. The minimum Gasteiger partial charge on any atom is -0.478 e. The highest BCUT2D eigenvalue weighted by Gasteiger charge is 2.16. The zero-order valence-corrected chi connectivity index (χ0v) is 11.2. The molecule has 0 radical (unpaired) electrons. The monoisotopic (exact) mass is 269 g/mol. The summed E-state index contributed by atoms with van der Waals surface area (Å²) in [6.07, 6.45) is -0.0509. The van der Waals surface area contributed by atoms with Gasteiger partial charge in [-0.2, -0.15) is 0 Å². The lowest BCUT2D eigenvalue weighted by Crippen LogP contribution is -2.37. The molecule has 0 bridgehead atoms. The number of rotatable bonds is 7. The summed E-state index contributed by atoms with van der Waals surface area (Å²) in [4.78, 5) is 11.7. The van der Waals surface area contributed by atoms with Crippen LogP contribution in [0.2, 0.25) is 0 Å². The first-order valence-corrected chi connectivity index (χ1v) is 6.41.